The van der Waals surface area contributed by atoms with Crippen LogP contribution >= 0.6 is 15.9 Å². The van der Waals surface area contributed by atoms with Crippen molar-refractivity contribution in [2.24, 2.45) is 5.73 Å². The normalized spacial score (nSPS) is 12.2. The van der Waals surface area contributed by atoms with E-state index >= 15 is 0 Å². The van der Waals surface area contributed by atoms with E-state index in [-0.39, 0.29) is 11.9 Å². The van der Waals surface area contributed by atoms with Crippen molar-refractivity contribution in [1.29, 1.82) is 0 Å². The molecule has 100 valence electrons. The Labute approximate surface area is 120 Å². The lowest BCUT2D eigenvalue weighted by molar-refractivity contribution is 0.473. The molecule has 0 amide bonds. The van der Waals surface area contributed by atoms with Crippen LogP contribution in [0.25, 0.3) is 0 Å². The van der Waals surface area contributed by atoms with E-state index in [0.717, 1.165) is 12.0 Å². The van der Waals surface area contributed by atoms with Gasteiger partial charge in [0.05, 0.1) is 4.47 Å². The summed E-state index contributed by atoms with van der Waals surface area (Å²) in [4.78, 5) is 0. The van der Waals surface area contributed by atoms with E-state index in [4.69, 9.17) is 10.5 Å². The Morgan fingerprint density at radius 3 is 2.53 bits per heavy atom. The monoisotopic (exact) mass is 323 g/mol. The highest BCUT2D eigenvalue weighted by molar-refractivity contribution is 9.10. The molecule has 1 atom stereocenters. The van der Waals surface area contributed by atoms with Crippen LogP contribution in [0.3, 0.4) is 0 Å². The van der Waals surface area contributed by atoms with E-state index in [1.165, 1.54) is 12.1 Å². The van der Waals surface area contributed by atoms with E-state index in [2.05, 4.69) is 15.9 Å². The highest BCUT2D eigenvalue weighted by atomic mass is 79.9. The minimum Gasteiger partial charge on any atom is -0.456 e. The third-order valence-electron chi connectivity index (χ3n) is 2.87. The molecule has 0 saturated heterocycles. The van der Waals surface area contributed by atoms with Crippen LogP contribution in [0.5, 0.6) is 11.5 Å². The topological polar surface area (TPSA) is 35.2 Å². The Kier molecular flexibility index (Phi) is 4.56. The summed E-state index contributed by atoms with van der Waals surface area (Å²) >= 11 is 3.33. The molecule has 0 radical (unpaired) electrons. The van der Waals surface area contributed by atoms with Crippen LogP contribution < -0.4 is 10.5 Å². The fraction of sp³-hybridized carbons (Fsp3) is 0.200. The van der Waals surface area contributed by atoms with Crippen molar-refractivity contribution in [3.05, 3.63) is 58.3 Å². The van der Waals surface area contributed by atoms with Gasteiger partial charge in [0, 0.05) is 12.1 Å². The summed E-state index contributed by atoms with van der Waals surface area (Å²) in [5.41, 5.74) is 7.01. The predicted molar refractivity (Wildman–Crippen MR) is 77.8 cm³/mol. The molecular weight excluding hydrogens is 309 g/mol. The minimum absolute atomic E-state index is 0.0370. The first-order chi connectivity index (χ1) is 9.10. The molecule has 2 N–H and O–H groups in total. The zero-order chi connectivity index (χ0) is 13.8. The van der Waals surface area contributed by atoms with Crippen LogP contribution in [0.2, 0.25) is 0 Å². The summed E-state index contributed by atoms with van der Waals surface area (Å²) < 4.78 is 19.5. The molecule has 2 aromatic carbocycles. The lowest BCUT2D eigenvalue weighted by Crippen LogP contribution is -2.08. The molecular formula is C15H15BrFNO. The van der Waals surface area contributed by atoms with Gasteiger partial charge in [-0.25, -0.2) is 4.39 Å². The number of rotatable bonds is 4. The maximum Gasteiger partial charge on any atom is 0.144 e. The quantitative estimate of drug-likeness (QED) is 0.877. The van der Waals surface area contributed by atoms with Crippen LogP contribution in [0.15, 0.2) is 46.9 Å². The van der Waals surface area contributed by atoms with Crippen LogP contribution in [-0.4, -0.2) is 0 Å². The standard InChI is InChI=1S/C15H15BrFNO/c1-2-14(18)10-3-6-12(7-4-10)19-15-9-11(17)5-8-13(15)16/h3-9,14H,2,18H2,1H3. The van der Waals surface area contributed by atoms with E-state index in [0.29, 0.717) is 16.0 Å². The molecule has 0 aromatic heterocycles. The Hall–Kier alpha value is -1.39. The Morgan fingerprint density at radius 2 is 1.89 bits per heavy atom. The van der Waals surface area contributed by atoms with Gasteiger partial charge >= 0.3 is 0 Å². The summed E-state index contributed by atoms with van der Waals surface area (Å²) in [6, 6.07) is 11.9. The third kappa shape index (κ3) is 3.55. The molecule has 2 rings (SSSR count). The van der Waals surface area contributed by atoms with Crippen molar-refractivity contribution in [2.45, 2.75) is 19.4 Å². The van der Waals surface area contributed by atoms with Gasteiger partial charge in [-0.2, -0.15) is 0 Å². The molecule has 0 aliphatic heterocycles. The molecule has 4 heteroatoms. The van der Waals surface area contributed by atoms with Gasteiger partial charge < -0.3 is 10.5 Å². The number of benzene rings is 2. The summed E-state index contributed by atoms with van der Waals surface area (Å²) in [6.07, 6.45) is 0.885. The van der Waals surface area contributed by atoms with Gasteiger partial charge in [-0.1, -0.05) is 19.1 Å². The zero-order valence-electron chi connectivity index (χ0n) is 10.6. The maximum absolute atomic E-state index is 13.1. The van der Waals surface area contributed by atoms with E-state index < -0.39 is 0 Å². The molecule has 1 unspecified atom stereocenters. The van der Waals surface area contributed by atoms with Crippen molar-refractivity contribution in [2.75, 3.05) is 0 Å². The first-order valence-electron chi connectivity index (χ1n) is 6.08. The predicted octanol–water partition coefficient (Wildman–Crippen LogP) is 4.79. The summed E-state index contributed by atoms with van der Waals surface area (Å²) in [6.45, 7) is 2.04. The number of nitrogens with two attached hydrogens (primary N) is 1. The van der Waals surface area contributed by atoms with Crippen molar-refractivity contribution in [1.82, 2.24) is 0 Å². The van der Waals surface area contributed by atoms with Crippen molar-refractivity contribution < 1.29 is 9.13 Å². The van der Waals surface area contributed by atoms with Gasteiger partial charge in [0.25, 0.3) is 0 Å². The molecule has 0 heterocycles. The van der Waals surface area contributed by atoms with Gasteiger partial charge in [0.15, 0.2) is 0 Å². The molecule has 2 aromatic rings. The van der Waals surface area contributed by atoms with Gasteiger partial charge in [0.2, 0.25) is 0 Å². The molecule has 0 saturated carbocycles. The van der Waals surface area contributed by atoms with E-state index in [9.17, 15) is 4.39 Å². The highest BCUT2D eigenvalue weighted by Gasteiger charge is 2.06. The van der Waals surface area contributed by atoms with Gasteiger partial charge in [-0.15, -0.1) is 0 Å². The SMILES string of the molecule is CCC(N)c1ccc(Oc2cc(F)ccc2Br)cc1. The highest BCUT2D eigenvalue weighted by Crippen LogP contribution is 2.30. The Balaban J connectivity index is 2.17. The van der Waals surface area contributed by atoms with Gasteiger partial charge in [0.1, 0.15) is 17.3 Å². The summed E-state index contributed by atoms with van der Waals surface area (Å²) in [5.74, 6) is 0.772. The van der Waals surface area contributed by atoms with Crippen LogP contribution in [0.1, 0.15) is 24.9 Å². The molecule has 0 aliphatic rings. The molecule has 0 bridgehead atoms. The lowest BCUT2D eigenvalue weighted by Gasteiger charge is -2.11. The summed E-state index contributed by atoms with van der Waals surface area (Å²) in [7, 11) is 0. The number of hydrogen-bond acceptors (Lipinski definition) is 2. The van der Waals surface area contributed by atoms with Gasteiger partial charge in [-0.05, 0) is 52.2 Å². The molecule has 2 nitrogen and oxygen atoms in total. The molecule has 0 aliphatic carbocycles. The van der Waals surface area contributed by atoms with E-state index in [1.807, 2.05) is 31.2 Å². The van der Waals surface area contributed by atoms with Crippen molar-refractivity contribution in [3.63, 3.8) is 0 Å². The van der Waals surface area contributed by atoms with Crippen LogP contribution in [-0.2, 0) is 0 Å². The number of hydrogen-bond donors (Lipinski definition) is 1. The van der Waals surface area contributed by atoms with Gasteiger partial charge in [-0.3, -0.25) is 0 Å². The second kappa shape index (κ2) is 6.17. The smallest absolute Gasteiger partial charge is 0.144 e. The second-order valence-electron chi connectivity index (χ2n) is 4.26. The Morgan fingerprint density at radius 1 is 1.21 bits per heavy atom. The minimum atomic E-state index is -0.331. The summed E-state index contributed by atoms with van der Waals surface area (Å²) in [5, 5.41) is 0. The fourth-order valence-electron chi connectivity index (χ4n) is 1.70. The first kappa shape index (κ1) is 14.0. The maximum atomic E-state index is 13.1. The largest absolute Gasteiger partial charge is 0.456 e. The second-order valence-corrected chi connectivity index (χ2v) is 5.11. The van der Waals surface area contributed by atoms with Crippen molar-refractivity contribution in [3.8, 4) is 11.5 Å². The lowest BCUT2D eigenvalue weighted by atomic mass is 10.1. The molecule has 0 spiro atoms. The average molecular weight is 324 g/mol. The Bertz CT molecular complexity index is 557. The van der Waals surface area contributed by atoms with E-state index in [1.54, 1.807) is 6.07 Å². The fourth-order valence-corrected chi connectivity index (χ4v) is 2.03. The number of halogens is 2. The van der Waals surface area contributed by atoms with Crippen LogP contribution in [0.4, 0.5) is 4.39 Å². The third-order valence-corrected chi connectivity index (χ3v) is 3.52. The average Bonchev–Trinajstić information content (AvgIpc) is 2.43. The number of ether oxygens (including phenoxy) is 1. The molecule has 19 heavy (non-hydrogen) atoms. The first-order valence-corrected chi connectivity index (χ1v) is 6.88. The van der Waals surface area contributed by atoms with Crippen LogP contribution in [0, 0.1) is 5.82 Å². The molecule has 0 fully saturated rings. The zero-order valence-corrected chi connectivity index (χ0v) is 12.2. The van der Waals surface area contributed by atoms with Crippen molar-refractivity contribution >= 4 is 15.9 Å².